The van der Waals surface area contributed by atoms with Gasteiger partial charge in [0.05, 0.1) is 0 Å². The average Bonchev–Trinajstić information content (AvgIpc) is 3.09. The third-order valence-electron chi connectivity index (χ3n) is 4.36. The molecule has 1 amide bonds. The molecule has 0 atom stereocenters. The van der Waals surface area contributed by atoms with Gasteiger partial charge in [0.2, 0.25) is 5.56 Å². The molecule has 3 heterocycles. The molecular formula is C18H17N3O2S. The number of pyridine rings is 1. The van der Waals surface area contributed by atoms with Crippen molar-refractivity contribution in [2.45, 2.75) is 0 Å². The Labute approximate surface area is 143 Å². The van der Waals surface area contributed by atoms with Crippen molar-refractivity contribution in [2.75, 3.05) is 31.1 Å². The van der Waals surface area contributed by atoms with Gasteiger partial charge < -0.3 is 14.8 Å². The Morgan fingerprint density at radius 2 is 1.88 bits per heavy atom. The van der Waals surface area contributed by atoms with Gasteiger partial charge in [-0.15, -0.1) is 11.3 Å². The predicted molar refractivity (Wildman–Crippen MR) is 97.0 cm³/mol. The lowest BCUT2D eigenvalue weighted by molar-refractivity contribution is 0.0746. The molecule has 3 aromatic rings. The normalized spacial score (nSPS) is 15.0. The van der Waals surface area contributed by atoms with E-state index in [0.29, 0.717) is 26.2 Å². The number of thiophene rings is 1. The molecule has 1 fully saturated rings. The quantitative estimate of drug-likeness (QED) is 0.781. The van der Waals surface area contributed by atoms with E-state index in [4.69, 9.17) is 0 Å². The highest BCUT2D eigenvalue weighted by Gasteiger charge is 2.22. The number of carbonyl (C=O) groups excluding carboxylic acids is 1. The molecule has 0 bridgehead atoms. The Balaban J connectivity index is 1.47. The SMILES string of the molecule is O=C(c1ccc2ccsc2c1)N1CCN(c2cccc(=O)[nH]2)CC1. The van der Waals surface area contributed by atoms with Gasteiger partial charge in [0.15, 0.2) is 0 Å². The van der Waals surface area contributed by atoms with E-state index < -0.39 is 0 Å². The molecule has 0 spiro atoms. The van der Waals surface area contributed by atoms with Gasteiger partial charge in [-0.05, 0) is 35.0 Å². The highest BCUT2D eigenvalue weighted by Crippen LogP contribution is 2.23. The number of aromatic nitrogens is 1. The Bertz CT molecular complexity index is 938. The van der Waals surface area contributed by atoms with Gasteiger partial charge >= 0.3 is 0 Å². The van der Waals surface area contributed by atoms with Crippen LogP contribution in [-0.4, -0.2) is 42.0 Å². The molecular weight excluding hydrogens is 322 g/mol. The zero-order valence-corrected chi connectivity index (χ0v) is 13.9. The van der Waals surface area contributed by atoms with E-state index in [-0.39, 0.29) is 11.5 Å². The number of H-pyrrole nitrogens is 1. The maximum atomic E-state index is 12.7. The zero-order chi connectivity index (χ0) is 16.5. The molecule has 0 aliphatic carbocycles. The first-order valence-electron chi connectivity index (χ1n) is 7.91. The summed E-state index contributed by atoms with van der Waals surface area (Å²) in [5.74, 6) is 0.890. The molecule has 6 heteroatoms. The highest BCUT2D eigenvalue weighted by molar-refractivity contribution is 7.17. The minimum atomic E-state index is -0.102. The first-order valence-corrected chi connectivity index (χ1v) is 8.79. The van der Waals surface area contributed by atoms with Crippen molar-refractivity contribution in [3.05, 3.63) is 63.8 Å². The number of amides is 1. The number of nitrogens with zero attached hydrogens (tertiary/aromatic N) is 2. The summed E-state index contributed by atoms with van der Waals surface area (Å²) < 4.78 is 1.14. The largest absolute Gasteiger partial charge is 0.355 e. The molecule has 2 aromatic heterocycles. The number of benzene rings is 1. The van der Waals surface area contributed by atoms with Crippen LogP contribution in [0.15, 0.2) is 52.6 Å². The summed E-state index contributed by atoms with van der Waals surface area (Å²) in [6.07, 6.45) is 0. The van der Waals surface area contributed by atoms with Gasteiger partial charge in [0.25, 0.3) is 5.91 Å². The van der Waals surface area contributed by atoms with Crippen LogP contribution in [0, 0.1) is 0 Å². The van der Waals surface area contributed by atoms with Crippen LogP contribution in [0.1, 0.15) is 10.4 Å². The summed E-state index contributed by atoms with van der Waals surface area (Å²) in [6.45, 7) is 2.73. The number of piperazine rings is 1. The molecule has 1 aromatic carbocycles. The molecule has 122 valence electrons. The van der Waals surface area contributed by atoms with Crippen LogP contribution < -0.4 is 10.5 Å². The number of hydrogen-bond donors (Lipinski definition) is 1. The first-order chi connectivity index (χ1) is 11.7. The van der Waals surface area contributed by atoms with E-state index in [1.165, 1.54) is 11.5 Å². The number of nitrogens with one attached hydrogen (secondary N) is 1. The third kappa shape index (κ3) is 2.80. The molecule has 0 radical (unpaired) electrons. The Morgan fingerprint density at radius 1 is 1.04 bits per heavy atom. The van der Waals surface area contributed by atoms with E-state index in [2.05, 4.69) is 16.0 Å². The molecule has 0 unspecified atom stereocenters. The molecule has 1 saturated heterocycles. The maximum Gasteiger partial charge on any atom is 0.254 e. The average molecular weight is 339 g/mol. The maximum absolute atomic E-state index is 12.7. The summed E-state index contributed by atoms with van der Waals surface area (Å²) in [4.78, 5) is 31.0. The molecule has 1 aliphatic heterocycles. The predicted octanol–water partition coefficient (Wildman–Crippen LogP) is 2.55. The van der Waals surface area contributed by atoms with Crippen LogP contribution in [-0.2, 0) is 0 Å². The highest BCUT2D eigenvalue weighted by atomic mass is 32.1. The van der Waals surface area contributed by atoms with E-state index in [0.717, 1.165) is 16.1 Å². The summed E-state index contributed by atoms with van der Waals surface area (Å²) in [5, 5.41) is 3.22. The second kappa shape index (κ2) is 6.13. The minimum Gasteiger partial charge on any atom is -0.355 e. The van der Waals surface area contributed by atoms with Gasteiger partial charge in [-0.3, -0.25) is 9.59 Å². The number of rotatable bonds is 2. The van der Waals surface area contributed by atoms with Gasteiger partial charge in [-0.2, -0.15) is 0 Å². The van der Waals surface area contributed by atoms with Crippen molar-refractivity contribution in [1.29, 1.82) is 0 Å². The second-order valence-electron chi connectivity index (χ2n) is 5.85. The summed E-state index contributed by atoms with van der Waals surface area (Å²) in [7, 11) is 0. The first kappa shape index (κ1) is 15.0. The topological polar surface area (TPSA) is 56.4 Å². The minimum absolute atomic E-state index is 0.0755. The van der Waals surface area contributed by atoms with Crippen molar-refractivity contribution in [2.24, 2.45) is 0 Å². The number of hydrogen-bond acceptors (Lipinski definition) is 4. The lowest BCUT2D eigenvalue weighted by Crippen LogP contribution is -2.49. The van der Waals surface area contributed by atoms with Crippen molar-refractivity contribution >= 4 is 33.1 Å². The van der Waals surface area contributed by atoms with Crippen molar-refractivity contribution in [1.82, 2.24) is 9.88 Å². The summed E-state index contributed by atoms with van der Waals surface area (Å²) in [5.41, 5.74) is 0.641. The van der Waals surface area contributed by atoms with Crippen molar-refractivity contribution in [3.63, 3.8) is 0 Å². The number of anilines is 1. The van der Waals surface area contributed by atoms with Crippen LogP contribution >= 0.6 is 11.3 Å². The Hall–Kier alpha value is -2.60. The monoisotopic (exact) mass is 339 g/mol. The van der Waals surface area contributed by atoms with Crippen molar-refractivity contribution < 1.29 is 4.79 Å². The molecule has 0 saturated carbocycles. The lowest BCUT2D eigenvalue weighted by Gasteiger charge is -2.35. The van der Waals surface area contributed by atoms with Gasteiger partial charge in [-0.1, -0.05) is 12.1 Å². The molecule has 1 N–H and O–H groups in total. The fraction of sp³-hybridized carbons (Fsp3) is 0.222. The second-order valence-corrected chi connectivity index (χ2v) is 6.80. The Kier molecular flexibility index (Phi) is 3.82. The van der Waals surface area contributed by atoms with Crippen LogP contribution in [0.4, 0.5) is 5.82 Å². The van der Waals surface area contributed by atoms with E-state index in [1.807, 2.05) is 34.5 Å². The van der Waals surface area contributed by atoms with Crippen LogP contribution in [0.5, 0.6) is 0 Å². The molecule has 24 heavy (non-hydrogen) atoms. The smallest absolute Gasteiger partial charge is 0.254 e. The third-order valence-corrected chi connectivity index (χ3v) is 5.24. The van der Waals surface area contributed by atoms with E-state index in [1.54, 1.807) is 17.4 Å². The number of fused-ring (bicyclic) bond motifs is 1. The zero-order valence-electron chi connectivity index (χ0n) is 13.1. The lowest BCUT2D eigenvalue weighted by atomic mass is 10.1. The Morgan fingerprint density at radius 3 is 2.67 bits per heavy atom. The number of carbonyl (C=O) groups is 1. The van der Waals surface area contributed by atoms with Gasteiger partial charge in [0.1, 0.15) is 5.82 Å². The van der Waals surface area contributed by atoms with Gasteiger partial charge in [-0.25, -0.2) is 0 Å². The van der Waals surface area contributed by atoms with Crippen LogP contribution in [0.25, 0.3) is 10.1 Å². The molecule has 1 aliphatic rings. The fourth-order valence-electron chi connectivity index (χ4n) is 3.04. The van der Waals surface area contributed by atoms with Crippen LogP contribution in [0.2, 0.25) is 0 Å². The van der Waals surface area contributed by atoms with Crippen LogP contribution in [0.3, 0.4) is 0 Å². The molecule has 4 rings (SSSR count). The summed E-state index contributed by atoms with van der Waals surface area (Å²) in [6, 6.07) is 13.1. The van der Waals surface area contributed by atoms with E-state index >= 15 is 0 Å². The fourth-order valence-corrected chi connectivity index (χ4v) is 3.87. The standard InChI is InChI=1S/C18H17N3O2S/c22-17-3-1-2-16(19-17)20-7-9-21(10-8-20)18(23)14-5-4-13-6-11-24-15(13)12-14/h1-6,11-12H,7-10H2,(H,19,22). The van der Waals surface area contributed by atoms with E-state index in [9.17, 15) is 9.59 Å². The molecule has 5 nitrogen and oxygen atoms in total. The number of aromatic amines is 1. The summed E-state index contributed by atoms with van der Waals surface area (Å²) >= 11 is 1.65. The van der Waals surface area contributed by atoms with Gasteiger partial charge in [0, 0.05) is 42.5 Å². The van der Waals surface area contributed by atoms with Crippen molar-refractivity contribution in [3.8, 4) is 0 Å².